The van der Waals surface area contributed by atoms with Crippen LogP contribution in [0.25, 0.3) is 0 Å². The van der Waals surface area contributed by atoms with Crippen LogP contribution in [0, 0.1) is 5.92 Å². The minimum atomic E-state index is -0.0307. The number of carbonyl (C=O) groups is 2. The molecule has 0 fully saturated rings. The number of amides is 1. The Morgan fingerprint density at radius 1 is 1.11 bits per heavy atom. The largest absolute Gasteiger partial charge is 0.376 e. The van der Waals surface area contributed by atoms with Crippen molar-refractivity contribution in [3.8, 4) is 0 Å². The van der Waals surface area contributed by atoms with E-state index in [1.807, 2.05) is 6.92 Å². The molecule has 1 amide bonds. The molecule has 0 heterocycles. The van der Waals surface area contributed by atoms with Crippen LogP contribution in [0.4, 0.5) is 5.69 Å². The van der Waals surface area contributed by atoms with Crippen molar-refractivity contribution in [2.24, 2.45) is 5.92 Å². The molecule has 1 rings (SSSR count). The molecule has 0 aliphatic rings. The maximum Gasteiger partial charge on any atom is 0.239 e. The first-order chi connectivity index (χ1) is 8.90. The predicted octanol–water partition coefficient (Wildman–Crippen LogP) is 2.46. The van der Waals surface area contributed by atoms with Crippen LogP contribution < -0.4 is 10.6 Å². The Morgan fingerprint density at radius 2 is 1.68 bits per heavy atom. The SMILES string of the molecule is CC(=O)c1ccc(NCC(=O)NC(C)C(C)C)cc1. The first kappa shape index (κ1) is 15.2. The van der Waals surface area contributed by atoms with Gasteiger partial charge in [0.25, 0.3) is 0 Å². The summed E-state index contributed by atoms with van der Waals surface area (Å²) in [6, 6.07) is 7.26. The van der Waals surface area contributed by atoms with E-state index in [1.165, 1.54) is 6.92 Å². The molecule has 104 valence electrons. The van der Waals surface area contributed by atoms with Crippen LogP contribution in [0.1, 0.15) is 38.1 Å². The Labute approximate surface area is 114 Å². The van der Waals surface area contributed by atoms with Crippen molar-refractivity contribution in [3.05, 3.63) is 29.8 Å². The van der Waals surface area contributed by atoms with E-state index in [2.05, 4.69) is 24.5 Å². The molecule has 1 atom stereocenters. The minimum Gasteiger partial charge on any atom is -0.376 e. The third kappa shape index (κ3) is 5.12. The minimum absolute atomic E-state index is 0.0307. The Kier molecular flexibility index (Phi) is 5.55. The molecule has 0 aromatic heterocycles. The molecule has 0 aliphatic heterocycles. The molecule has 1 aromatic rings. The zero-order valence-corrected chi connectivity index (χ0v) is 12.0. The number of carbonyl (C=O) groups excluding carboxylic acids is 2. The van der Waals surface area contributed by atoms with Gasteiger partial charge in [0.2, 0.25) is 5.91 Å². The second kappa shape index (κ2) is 6.92. The number of ketones is 1. The number of nitrogens with one attached hydrogen (secondary N) is 2. The lowest BCUT2D eigenvalue weighted by molar-refractivity contribution is -0.120. The van der Waals surface area contributed by atoms with Gasteiger partial charge in [0.1, 0.15) is 0 Å². The van der Waals surface area contributed by atoms with Crippen LogP contribution in [0.2, 0.25) is 0 Å². The molecular formula is C15H22N2O2. The van der Waals surface area contributed by atoms with Gasteiger partial charge in [0, 0.05) is 17.3 Å². The quantitative estimate of drug-likeness (QED) is 0.774. The van der Waals surface area contributed by atoms with Gasteiger partial charge in [-0.2, -0.15) is 0 Å². The first-order valence-electron chi connectivity index (χ1n) is 6.54. The second-order valence-corrected chi connectivity index (χ2v) is 5.09. The highest BCUT2D eigenvalue weighted by Gasteiger charge is 2.10. The Morgan fingerprint density at radius 3 is 2.16 bits per heavy atom. The lowest BCUT2D eigenvalue weighted by atomic mass is 10.1. The van der Waals surface area contributed by atoms with E-state index < -0.39 is 0 Å². The topological polar surface area (TPSA) is 58.2 Å². The summed E-state index contributed by atoms with van der Waals surface area (Å²) in [7, 11) is 0. The van der Waals surface area contributed by atoms with E-state index in [-0.39, 0.29) is 24.3 Å². The fourth-order valence-electron chi connectivity index (χ4n) is 1.48. The number of hydrogen-bond donors (Lipinski definition) is 2. The summed E-state index contributed by atoms with van der Waals surface area (Å²) in [6.07, 6.45) is 0. The van der Waals surface area contributed by atoms with Crippen LogP contribution in [0.3, 0.4) is 0 Å². The highest BCUT2D eigenvalue weighted by molar-refractivity contribution is 5.94. The van der Waals surface area contributed by atoms with Gasteiger partial charge in [-0.05, 0) is 44.0 Å². The fourth-order valence-corrected chi connectivity index (χ4v) is 1.48. The number of anilines is 1. The van der Waals surface area contributed by atoms with Gasteiger partial charge in [0.15, 0.2) is 5.78 Å². The average Bonchev–Trinajstić information content (AvgIpc) is 2.36. The zero-order chi connectivity index (χ0) is 14.4. The highest BCUT2D eigenvalue weighted by Crippen LogP contribution is 2.09. The van der Waals surface area contributed by atoms with E-state index in [9.17, 15) is 9.59 Å². The van der Waals surface area contributed by atoms with Crippen LogP contribution in [-0.2, 0) is 4.79 Å². The molecule has 2 N–H and O–H groups in total. The van der Waals surface area contributed by atoms with Crippen molar-refractivity contribution in [2.45, 2.75) is 33.7 Å². The van der Waals surface area contributed by atoms with Gasteiger partial charge in [-0.3, -0.25) is 9.59 Å². The summed E-state index contributed by atoms with van der Waals surface area (Å²) >= 11 is 0. The van der Waals surface area contributed by atoms with Crippen molar-refractivity contribution in [1.82, 2.24) is 5.32 Å². The Hall–Kier alpha value is -1.84. The molecule has 0 bridgehead atoms. The number of rotatable bonds is 6. The number of Topliss-reactive ketones (excluding diaryl/α,β-unsaturated/α-hetero) is 1. The van der Waals surface area contributed by atoms with Crippen LogP contribution in [0.15, 0.2) is 24.3 Å². The molecule has 1 unspecified atom stereocenters. The maximum absolute atomic E-state index is 11.7. The van der Waals surface area contributed by atoms with Crippen molar-refractivity contribution in [3.63, 3.8) is 0 Å². The summed E-state index contributed by atoms with van der Waals surface area (Å²) in [5.41, 5.74) is 1.50. The Bertz CT molecular complexity index is 438. The zero-order valence-electron chi connectivity index (χ0n) is 12.0. The van der Waals surface area contributed by atoms with Gasteiger partial charge < -0.3 is 10.6 Å². The lowest BCUT2D eigenvalue weighted by Gasteiger charge is -2.17. The molecule has 4 heteroatoms. The molecule has 0 radical (unpaired) electrons. The van der Waals surface area contributed by atoms with Crippen molar-refractivity contribution >= 4 is 17.4 Å². The van der Waals surface area contributed by atoms with E-state index in [4.69, 9.17) is 0 Å². The maximum atomic E-state index is 11.7. The van der Waals surface area contributed by atoms with Gasteiger partial charge >= 0.3 is 0 Å². The van der Waals surface area contributed by atoms with Gasteiger partial charge in [-0.1, -0.05) is 13.8 Å². The lowest BCUT2D eigenvalue weighted by Crippen LogP contribution is -2.39. The smallest absolute Gasteiger partial charge is 0.239 e. The average molecular weight is 262 g/mol. The monoisotopic (exact) mass is 262 g/mol. The molecule has 19 heavy (non-hydrogen) atoms. The van der Waals surface area contributed by atoms with E-state index in [0.29, 0.717) is 11.5 Å². The van der Waals surface area contributed by atoms with Crippen molar-refractivity contribution in [2.75, 3.05) is 11.9 Å². The second-order valence-electron chi connectivity index (χ2n) is 5.09. The Balaban J connectivity index is 2.44. The normalized spacial score (nSPS) is 12.1. The van der Waals surface area contributed by atoms with E-state index in [1.54, 1.807) is 24.3 Å². The van der Waals surface area contributed by atoms with Gasteiger partial charge in [0.05, 0.1) is 6.54 Å². The van der Waals surface area contributed by atoms with Crippen LogP contribution in [-0.4, -0.2) is 24.3 Å². The van der Waals surface area contributed by atoms with Gasteiger partial charge in [-0.15, -0.1) is 0 Å². The summed E-state index contributed by atoms with van der Waals surface area (Å²) < 4.78 is 0. The molecule has 0 aliphatic carbocycles. The molecule has 0 saturated heterocycles. The summed E-state index contributed by atoms with van der Waals surface area (Å²) in [5, 5.41) is 5.96. The summed E-state index contributed by atoms with van der Waals surface area (Å²) in [6.45, 7) is 7.89. The third-order valence-corrected chi connectivity index (χ3v) is 3.13. The molecular weight excluding hydrogens is 240 g/mol. The summed E-state index contributed by atoms with van der Waals surface area (Å²) in [5.74, 6) is 0.422. The fraction of sp³-hybridized carbons (Fsp3) is 0.467. The molecule has 4 nitrogen and oxygen atoms in total. The van der Waals surface area contributed by atoms with Crippen molar-refractivity contribution in [1.29, 1.82) is 0 Å². The van der Waals surface area contributed by atoms with E-state index in [0.717, 1.165) is 5.69 Å². The van der Waals surface area contributed by atoms with Crippen LogP contribution >= 0.6 is 0 Å². The third-order valence-electron chi connectivity index (χ3n) is 3.13. The standard InChI is InChI=1S/C15H22N2O2/c1-10(2)11(3)17-15(19)9-16-14-7-5-13(6-8-14)12(4)18/h5-8,10-11,16H,9H2,1-4H3,(H,17,19). The predicted molar refractivity (Wildman–Crippen MR) is 77.4 cm³/mol. The molecule has 0 saturated carbocycles. The first-order valence-corrected chi connectivity index (χ1v) is 6.54. The van der Waals surface area contributed by atoms with Crippen molar-refractivity contribution < 1.29 is 9.59 Å². The molecule has 0 spiro atoms. The van der Waals surface area contributed by atoms with Crippen LogP contribution in [0.5, 0.6) is 0 Å². The van der Waals surface area contributed by atoms with E-state index >= 15 is 0 Å². The van der Waals surface area contributed by atoms with Gasteiger partial charge in [-0.25, -0.2) is 0 Å². The molecule has 1 aromatic carbocycles. The highest BCUT2D eigenvalue weighted by atomic mass is 16.2. The number of hydrogen-bond acceptors (Lipinski definition) is 3. The number of benzene rings is 1. The summed E-state index contributed by atoms with van der Waals surface area (Å²) in [4.78, 5) is 22.8.